The van der Waals surface area contributed by atoms with Crippen molar-refractivity contribution >= 4 is 28.3 Å². The Balaban J connectivity index is 1.90. The van der Waals surface area contributed by atoms with Crippen LogP contribution in [-0.2, 0) is 9.53 Å². The molecule has 0 saturated heterocycles. The quantitative estimate of drug-likeness (QED) is 0.540. The van der Waals surface area contributed by atoms with Crippen LogP contribution in [0.5, 0.6) is 17.2 Å². The van der Waals surface area contributed by atoms with Gasteiger partial charge in [0.25, 0.3) is 5.91 Å². The zero-order valence-corrected chi connectivity index (χ0v) is 17.9. The van der Waals surface area contributed by atoms with E-state index in [-0.39, 0.29) is 11.3 Å². The standard InChI is InChI=1S/C24H25NO6/c1-5-19(31-20-12-8-10-15-9-6-7-11-16(15)20)23(26)25-18-14-22(29-3)21(28-2)13-17(18)24(27)30-4/h6-14,19H,5H2,1-4H3,(H,25,26)/t19-/m0/s1. The van der Waals surface area contributed by atoms with Crippen molar-refractivity contribution in [2.75, 3.05) is 26.6 Å². The molecule has 0 saturated carbocycles. The van der Waals surface area contributed by atoms with E-state index < -0.39 is 18.0 Å². The lowest BCUT2D eigenvalue weighted by Gasteiger charge is -2.20. The van der Waals surface area contributed by atoms with Crippen LogP contribution < -0.4 is 19.5 Å². The van der Waals surface area contributed by atoms with E-state index in [1.807, 2.05) is 49.4 Å². The number of ether oxygens (including phenoxy) is 4. The Bertz CT molecular complexity index is 1090. The van der Waals surface area contributed by atoms with Crippen LogP contribution in [0.1, 0.15) is 23.7 Å². The van der Waals surface area contributed by atoms with Crippen molar-refractivity contribution in [2.24, 2.45) is 0 Å². The van der Waals surface area contributed by atoms with Crippen molar-refractivity contribution < 1.29 is 28.5 Å². The molecule has 3 aromatic rings. The average molecular weight is 423 g/mol. The van der Waals surface area contributed by atoms with Crippen LogP contribution in [0.25, 0.3) is 10.8 Å². The van der Waals surface area contributed by atoms with E-state index in [1.54, 1.807) is 0 Å². The largest absolute Gasteiger partial charge is 0.493 e. The number of nitrogens with one attached hydrogen (secondary N) is 1. The first kappa shape index (κ1) is 22.0. The topological polar surface area (TPSA) is 83.1 Å². The smallest absolute Gasteiger partial charge is 0.340 e. The molecule has 0 aliphatic carbocycles. The van der Waals surface area contributed by atoms with E-state index in [4.69, 9.17) is 18.9 Å². The Morgan fingerprint density at radius 1 is 0.903 bits per heavy atom. The fourth-order valence-corrected chi connectivity index (χ4v) is 3.25. The summed E-state index contributed by atoms with van der Waals surface area (Å²) < 4.78 is 21.4. The molecule has 0 aliphatic heterocycles. The zero-order valence-electron chi connectivity index (χ0n) is 17.9. The molecule has 0 radical (unpaired) electrons. The highest BCUT2D eigenvalue weighted by atomic mass is 16.5. The third kappa shape index (κ3) is 4.71. The van der Waals surface area contributed by atoms with E-state index in [0.29, 0.717) is 23.7 Å². The van der Waals surface area contributed by atoms with Gasteiger partial charge in [0.1, 0.15) is 5.75 Å². The number of amides is 1. The van der Waals surface area contributed by atoms with Crippen molar-refractivity contribution in [1.29, 1.82) is 0 Å². The van der Waals surface area contributed by atoms with Gasteiger partial charge >= 0.3 is 5.97 Å². The van der Waals surface area contributed by atoms with Crippen molar-refractivity contribution in [2.45, 2.75) is 19.4 Å². The number of benzene rings is 3. The molecule has 3 rings (SSSR count). The number of anilines is 1. The second-order valence-corrected chi connectivity index (χ2v) is 6.73. The Kier molecular flexibility index (Phi) is 6.97. The first-order chi connectivity index (χ1) is 15.0. The van der Waals surface area contributed by atoms with E-state index in [0.717, 1.165) is 10.8 Å². The molecule has 7 nitrogen and oxygen atoms in total. The Morgan fingerprint density at radius 3 is 2.26 bits per heavy atom. The third-order valence-corrected chi connectivity index (χ3v) is 4.87. The summed E-state index contributed by atoms with van der Waals surface area (Å²) >= 11 is 0. The molecule has 0 heterocycles. The van der Waals surface area contributed by atoms with Crippen LogP contribution in [-0.4, -0.2) is 39.3 Å². The number of fused-ring (bicyclic) bond motifs is 1. The zero-order chi connectivity index (χ0) is 22.4. The lowest BCUT2D eigenvalue weighted by atomic mass is 10.1. The highest BCUT2D eigenvalue weighted by molar-refractivity contribution is 6.03. The van der Waals surface area contributed by atoms with Crippen molar-refractivity contribution in [3.8, 4) is 17.2 Å². The lowest BCUT2D eigenvalue weighted by molar-refractivity contribution is -0.122. The summed E-state index contributed by atoms with van der Waals surface area (Å²) in [5, 5.41) is 4.70. The van der Waals surface area contributed by atoms with E-state index in [9.17, 15) is 9.59 Å². The second-order valence-electron chi connectivity index (χ2n) is 6.73. The van der Waals surface area contributed by atoms with E-state index >= 15 is 0 Å². The van der Waals surface area contributed by atoms with Crippen LogP contribution in [0.15, 0.2) is 54.6 Å². The third-order valence-electron chi connectivity index (χ3n) is 4.87. The molecule has 3 aromatic carbocycles. The molecule has 162 valence electrons. The Hall–Kier alpha value is -3.74. The summed E-state index contributed by atoms with van der Waals surface area (Å²) in [6, 6.07) is 16.5. The summed E-state index contributed by atoms with van der Waals surface area (Å²) in [4.78, 5) is 25.3. The minimum absolute atomic E-state index is 0.147. The molecule has 0 aromatic heterocycles. The molecule has 1 atom stereocenters. The van der Waals surface area contributed by atoms with E-state index in [1.165, 1.54) is 33.5 Å². The predicted octanol–water partition coefficient (Wildman–Crippen LogP) is 4.44. The van der Waals surface area contributed by atoms with Gasteiger partial charge in [-0.05, 0) is 17.9 Å². The molecule has 0 bridgehead atoms. The van der Waals surface area contributed by atoms with Gasteiger partial charge in [0.05, 0.1) is 32.6 Å². The summed E-state index contributed by atoms with van der Waals surface area (Å²) in [6.07, 6.45) is -0.347. The number of rotatable bonds is 8. The molecule has 0 spiro atoms. The minimum atomic E-state index is -0.774. The van der Waals surface area contributed by atoms with Gasteiger partial charge in [-0.3, -0.25) is 4.79 Å². The maximum atomic E-state index is 13.0. The fourth-order valence-electron chi connectivity index (χ4n) is 3.25. The molecule has 0 aliphatic rings. The first-order valence-electron chi connectivity index (χ1n) is 9.82. The molecular formula is C24H25NO6. The summed E-state index contributed by atoms with van der Waals surface area (Å²) in [6.45, 7) is 1.85. The number of methoxy groups -OCH3 is 3. The van der Waals surface area contributed by atoms with Crippen LogP contribution in [0.2, 0.25) is 0 Å². The van der Waals surface area contributed by atoms with Crippen molar-refractivity contribution in [1.82, 2.24) is 0 Å². The maximum Gasteiger partial charge on any atom is 0.340 e. The van der Waals surface area contributed by atoms with Gasteiger partial charge in [-0.25, -0.2) is 4.79 Å². The van der Waals surface area contributed by atoms with Crippen LogP contribution in [0.3, 0.4) is 0 Å². The SMILES string of the molecule is CC[C@H](Oc1cccc2ccccc12)C(=O)Nc1cc(OC)c(OC)cc1C(=O)OC. The second kappa shape index (κ2) is 9.84. The monoisotopic (exact) mass is 423 g/mol. The van der Waals surface area contributed by atoms with Crippen molar-refractivity contribution in [3.63, 3.8) is 0 Å². The highest BCUT2D eigenvalue weighted by Crippen LogP contribution is 2.34. The van der Waals surface area contributed by atoms with E-state index in [2.05, 4.69) is 5.32 Å². The normalized spacial score (nSPS) is 11.5. The van der Waals surface area contributed by atoms with Gasteiger partial charge in [-0.1, -0.05) is 43.3 Å². The Labute approximate surface area is 180 Å². The van der Waals surface area contributed by atoms with Gasteiger partial charge in [-0.15, -0.1) is 0 Å². The molecule has 0 unspecified atom stereocenters. The molecule has 1 N–H and O–H groups in total. The van der Waals surface area contributed by atoms with Gasteiger partial charge in [0.2, 0.25) is 0 Å². The van der Waals surface area contributed by atoms with Crippen LogP contribution >= 0.6 is 0 Å². The predicted molar refractivity (Wildman–Crippen MR) is 118 cm³/mol. The van der Waals surface area contributed by atoms with Crippen molar-refractivity contribution in [3.05, 3.63) is 60.2 Å². The lowest BCUT2D eigenvalue weighted by Crippen LogP contribution is -2.33. The number of carbonyl (C=O) groups is 2. The maximum absolute atomic E-state index is 13.0. The molecule has 31 heavy (non-hydrogen) atoms. The van der Waals surface area contributed by atoms with Gasteiger partial charge in [-0.2, -0.15) is 0 Å². The number of esters is 1. The average Bonchev–Trinajstić information content (AvgIpc) is 2.81. The summed E-state index contributed by atoms with van der Waals surface area (Å²) in [5.41, 5.74) is 0.392. The molecule has 7 heteroatoms. The van der Waals surface area contributed by atoms with Crippen LogP contribution in [0.4, 0.5) is 5.69 Å². The highest BCUT2D eigenvalue weighted by Gasteiger charge is 2.24. The van der Waals surface area contributed by atoms with Gasteiger partial charge in [0.15, 0.2) is 17.6 Å². The van der Waals surface area contributed by atoms with Gasteiger partial charge in [0, 0.05) is 17.5 Å². The molecule has 1 amide bonds. The van der Waals surface area contributed by atoms with Gasteiger partial charge < -0.3 is 24.3 Å². The number of hydrogen-bond donors (Lipinski definition) is 1. The minimum Gasteiger partial charge on any atom is -0.493 e. The van der Waals surface area contributed by atoms with Crippen LogP contribution in [0, 0.1) is 0 Å². The summed E-state index contributed by atoms with van der Waals surface area (Å²) in [7, 11) is 4.20. The first-order valence-corrected chi connectivity index (χ1v) is 9.82. The number of hydrogen-bond acceptors (Lipinski definition) is 6. The molecule has 0 fully saturated rings. The molecular weight excluding hydrogens is 398 g/mol. The number of carbonyl (C=O) groups excluding carboxylic acids is 2. The fraction of sp³-hybridized carbons (Fsp3) is 0.250. The Morgan fingerprint density at radius 2 is 1.58 bits per heavy atom. The summed E-state index contributed by atoms with van der Waals surface area (Å²) in [5.74, 6) is 0.320.